The van der Waals surface area contributed by atoms with Gasteiger partial charge in [0.25, 0.3) is 0 Å². The van der Waals surface area contributed by atoms with E-state index in [0.717, 1.165) is 0 Å². The SMILES string of the molecule is CC(C)C(=O)Nc1ccc(C(=O)C(C)OC(=O)c2ccc(C=O)cc2)cc1. The molecule has 2 aromatic carbocycles. The maximum absolute atomic E-state index is 12.4. The second-order valence-corrected chi connectivity index (χ2v) is 6.37. The van der Waals surface area contributed by atoms with Crippen molar-refractivity contribution in [3.63, 3.8) is 0 Å². The third-order valence-electron chi connectivity index (χ3n) is 3.90. The summed E-state index contributed by atoms with van der Waals surface area (Å²) in [5.41, 5.74) is 1.66. The Balaban J connectivity index is 2.00. The van der Waals surface area contributed by atoms with Gasteiger partial charge in [0.2, 0.25) is 11.7 Å². The summed E-state index contributed by atoms with van der Waals surface area (Å²) in [6, 6.07) is 12.3. The van der Waals surface area contributed by atoms with Gasteiger partial charge in [-0.1, -0.05) is 26.0 Å². The van der Waals surface area contributed by atoms with E-state index in [9.17, 15) is 19.2 Å². The molecule has 0 bridgehead atoms. The minimum absolute atomic E-state index is 0.114. The second-order valence-electron chi connectivity index (χ2n) is 6.37. The van der Waals surface area contributed by atoms with Crippen LogP contribution < -0.4 is 5.32 Å². The topological polar surface area (TPSA) is 89.5 Å². The number of ketones is 1. The lowest BCUT2D eigenvalue weighted by molar-refractivity contribution is -0.118. The summed E-state index contributed by atoms with van der Waals surface area (Å²) in [6.45, 7) is 5.07. The van der Waals surface area contributed by atoms with Crippen LogP contribution in [0.15, 0.2) is 48.5 Å². The molecule has 1 amide bonds. The number of aldehydes is 1. The molecule has 0 saturated carbocycles. The van der Waals surface area contributed by atoms with Crippen molar-refractivity contribution < 1.29 is 23.9 Å². The van der Waals surface area contributed by atoms with Crippen molar-refractivity contribution in [1.82, 2.24) is 0 Å². The van der Waals surface area contributed by atoms with Crippen LogP contribution in [-0.2, 0) is 9.53 Å². The fourth-order valence-electron chi connectivity index (χ4n) is 2.22. The summed E-state index contributed by atoms with van der Waals surface area (Å²) in [4.78, 5) is 46.9. The lowest BCUT2D eigenvalue weighted by atomic mass is 10.1. The number of anilines is 1. The molecular formula is C21H21NO5. The Morgan fingerprint density at radius 1 is 0.889 bits per heavy atom. The minimum Gasteiger partial charge on any atom is -0.451 e. The zero-order valence-electron chi connectivity index (χ0n) is 15.4. The molecule has 0 saturated heterocycles. The molecule has 0 aromatic heterocycles. The van der Waals surface area contributed by atoms with Gasteiger partial charge in [-0.2, -0.15) is 0 Å². The molecule has 0 spiro atoms. The first-order valence-corrected chi connectivity index (χ1v) is 8.53. The molecule has 2 aromatic rings. The normalized spacial score (nSPS) is 11.6. The van der Waals surface area contributed by atoms with E-state index in [0.29, 0.717) is 23.1 Å². The smallest absolute Gasteiger partial charge is 0.338 e. The van der Waals surface area contributed by atoms with E-state index in [4.69, 9.17) is 4.74 Å². The monoisotopic (exact) mass is 367 g/mol. The molecule has 140 valence electrons. The van der Waals surface area contributed by atoms with Crippen molar-refractivity contribution >= 4 is 29.6 Å². The van der Waals surface area contributed by atoms with Crippen LogP contribution in [0, 0.1) is 5.92 Å². The number of carbonyl (C=O) groups is 4. The number of carbonyl (C=O) groups excluding carboxylic acids is 4. The standard InChI is InChI=1S/C21H21NO5/c1-13(2)20(25)22-18-10-8-16(9-11-18)19(24)14(3)27-21(26)17-6-4-15(12-23)5-7-17/h4-14H,1-3H3,(H,22,25). The number of hydrogen-bond acceptors (Lipinski definition) is 5. The fraction of sp³-hybridized carbons (Fsp3) is 0.238. The Kier molecular flexibility index (Phi) is 6.60. The predicted octanol–water partition coefficient (Wildman–Crippen LogP) is 3.52. The van der Waals surface area contributed by atoms with Crippen LogP contribution in [0.25, 0.3) is 0 Å². The Morgan fingerprint density at radius 2 is 1.44 bits per heavy atom. The average Bonchev–Trinajstić information content (AvgIpc) is 2.67. The summed E-state index contributed by atoms with van der Waals surface area (Å²) in [5.74, 6) is -1.26. The second kappa shape index (κ2) is 8.89. The molecule has 2 rings (SSSR count). The first kappa shape index (κ1) is 20.0. The molecule has 1 unspecified atom stereocenters. The van der Waals surface area contributed by atoms with Gasteiger partial charge in [-0.25, -0.2) is 4.79 Å². The Bertz CT molecular complexity index is 838. The first-order valence-electron chi connectivity index (χ1n) is 8.53. The largest absolute Gasteiger partial charge is 0.451 e. The molecular weight excluding hydrogens is 346 g/mol. The van der Waals surface area contributed by atoms with E-state index < -0.39 is 12.1 Å². The minimum atomic E-state index is -0.973. The molecule has 0 aliphatic carbocycles. The van der Waals surface area contributed by atoms with Gasteiger partial charge >= 0.3 is 5.97 Å². The number of amides is 1. The zero-order chi connectivity index (χ0) is 20.0. The van der Waals surface area contributed by atoms with Crippen molar-refractivity contribution in [2.45, 2.75) is 26.9 Å². The fourth-order valence-corrected chi connectivity index (χ4v) is 2.22. The molecule has 27 heavy (non-hydrogen) atoms. The maximum Gasteiger partial charge on any atom is 0.338 e. The molecule has 1 atom stereocenters. The Morgan fingerprint density at radius 3 is 1.96 bits per heavy atom. The molecule has 1 N–H and O–H groups in total. The maximum atomic E-state index is 12.4. The van der Waals surface area contributed by atoms with Crippen LogP contribution in [0.4, 0.5) is 5.69 Å². The summed E-state index contributed by atoms with van der Waals surface area (Å²) in [7, 11) is 0. The number of benzene rings is 2. The summed E-state index contributed by atoms with van der Waals surface area (Å²) in [6.07, 6.45) is -0.298. The number of hydrogen-bond donors (Lipinski definition) is 1. The van der Waals surface area contributed by atoms with Crippen molar-refractivity contribution in [2.24, 2.45) is 5.92 Å². The van der Waals surface area contributed by atoms with Gasteiger partial charge in [-0.15, -0.1) is 0 Å². The molecule has 0 heterocycles. The van der Waals surface area contributed by atoms with E-state index in [1.807, 2.05) is 0 Å². The third-order valence-corrected chi connectivity index (χ3v) is 3.90. The molecule has 0 aliphatic heterocycles. The highest BCUT2D eigenvalue weighted by atomic mass is 16.5. The lowest BCUT2D eigenvalue weighted by Crippen LogP contribution is -2.24. The van der Waals surface area contributed by atoms with Gasteiger partial charge in [0.15, 0.2) is 6.10 Å². The van der Waals surface area contributed by atoms with Gasteiger partial charge in [0, 0.05) is 22.7 Å². The molecule has 0 radical (unpaired) electrons. The third kappa shape index (κ3) is 5.34. The van der Waals surface area contributed by atoms with Gasteiger partial charge in [0.1, 0.15) is 6.29 Å². The van der Waals surface area contributed by atoms with E-state index in [-0.39, 0.29) is 23.2 Å². The van der Waals surface area contributed by atoms with Crippen LogP contribution in [-0.4, -0.2) is 30.0 Å². The number of ether oxygens (including phenoxy) is 1. The van der Waals surface area contributed by atoms with Gasteiger partial charge in [-0.05, 0) is 43.3 Å². The van der Waals surface area contributed by atoms with Gasteiger partial charge in [0.05, 0.1) is 5.56 Å². The van der Waals surface area contributed by atoms with E-state index in [1.165, 1.54) is 31.2 Å². The average molecular weight is 367 g/mol. The Labute approximate surface area is 157 Å². The van der Waals surface area contributed by atoms with Crippen molar-refractivity contribution in [3.05, 3.63) is 65.2 Å². The predicted molar refractivity (Wildman–Crippen MR) is 101 cm³/mol. The molecule has 6 heteroatoms. The van der Waals surface area contributed by atoms with Crippen LogP contribution in [0.1, 0.15) is 51.8 Å². The molecule has 0 aliphatic rings. The highest BCUT2D eigenvalue weighted by Crippen LogP contribution is 2.14. The zero-order valence-corrected chi connectivity index (χ0v) is 15.4. The highest BCUT2D eigenvalue weighted by Gasteiger charge is 2.20. The summed E-state index contributed by atoms with van der Waals surface area (Å²) < 4.78 is 5.21. The summed E-state index contributed by atoms with van der Waals surface area (Å²) in [5, 5.41) is 2.74. The summed E-state index contributed by atoms with van der Waals surface area (Å²) >= 11 is 0. The highest BCUT2D eigenvalue weighted by molar-refractivity contribution is 6.02. The van der Waals surface area contributed by atoms with Crippen molar-refractivity contribution in [3.8, 4) is 0 Å². The van der Waals surface area contributed by atoms with E-state index in [2.05, 4.69) is 5.32 Å². The van der Waals surface area contributed by atoms with Gasteiger partial charge in [-0.3, -0.25) is 14.4 Å². The van der Waals surface area contributed by atoms with Crippen molar-refractivity contribution in [2.75, 3.05) is 5.32 Å². The molecule has 6 nitrogen and oxygen atoms in total. The van der Waals surface area contributed by atoms with Crippen LogP contribution in [0.3, 0.4) is 0 Å². The lowest BCUT2D eigenvalue weighted by Gasteiger charge is -2.13. The number of rotatable bonds is 7. The van der Waals surface area contributed by atoms with E-state index >= 15 is 0 Å². The van der Waals surface area contributed by atoms with Gasteiger partial charge < -0.3 is 10.1 Å². The van der Waals surface area contributed by atoms with E-state index in [1.54, 1.807) is 38.1 Å². The number of Topliss-reactive ketones (excluding diaryl/α,β-unsaturated/α-hetero) is 1. The molecule has 0 fully saturated rings. The van der Waals surface area contributed by atoms with Crippen molar-refractivity contribution in [1.29, 1.82) is 0 Å². The number of nitrogens with one attached hydrogen (secondary N) is 1. The quantitative estimate of drug-likeness (QED) is 0.459. The number of esters is 1. The van der Waals surface area contributed by atoms with Crippen LogP contribution in [0.5, 0.6) is 0 Å². The Hall–Kier alpha value is -3.28. The first-order chi connectivity index (χ1) is 12.8. The van der Waals surface area contributed by atoms with Crippen LogP contribution in [0.2, 0.25) is 0 Å². The van der Waals surface area contributed by atoms with Crippen LogP contribution >= 0.6 is 0 Å².